The van der Waals surface area contributed by atoms with Gasteiger partial charge in [-0.1, -0.05) is 23.3 Å². The SMILES string of the molecule is CC1=C(C)C=CC(Oc2ccc(C)c(C)c2)[CH]1. The van der Waals surface area contributed by atoms with Gasteiger partial charge < -0.3 is 4.74 Å². The first kappa shape index (κ1) is 12.0. The number of benzene rings is 1. The van der Waals surface area contributed by atoms with E-state index in [1.165, 1.54) is 22.3 Å². The summed E-state index contributed by atoms with van der Waals surface area (Å²) in [5.74, 6) is 0.936. The van der Waals surface area contributed by atoms with E-state index < -0.39 is 0 Å². The summed E-state index contributed by atoms with van der Waals surface area (Å²) in [6, 6.07) is 6.23. The van der Waals surface area contributed by atoms with Gasteiger partial charge in [-0.15, -0.1) is 0 Å². The Morgan fingerprint density at radius 1 is 0.941 bits per heavy atom. The minimum absolute atomic E-state index is 0.0563. The molecule has 1 aromatic rings. The molecule has 0 aromatic heterocycles. The Hall–Kier alpha value is -1.50. The first-order valence-electron chi connectivity index (χ1n) is 6.01. The molecule has 0 N–H and O–H groups in total. The Bertz CT molecular complexity index is 480. The zero-order chi connectivity index (χ0) is 12.4. The smallest absolute Gasteiger partial charge is 0.124 e. The number of ether oxygens (including phenoxy) is 1. The van der Waals surface area contributed by atoms with Gasteiger partial charge in [-0.05, 0) is 57.0 Å². The maximum atomic E-state index is 5.93. The molecule has 1 unspecified atom stereocenters. The molecule has 1 aliphatic rings. The highest BCUT2D eigenvalue weighted by molar-refractivity contribution is 5.38. The molecule has 0 aliphatic heterocycles. The highest BCUT2D eigenvalue weighted by Crippen LogP contribution is 2.23. The van der Waals surface area contributed by atoms with E-state index in [0.29, 0.717) is 0 Å². The highest BCUT2D eigenvalue weighted by Gasteiger charge is 2.13. The average molecular weight is 227 g/mol. The van der Waals surface area contributed by atoms with E-state index >= 15 is 0 Å². The Morgan fingerprint density at radius 2 is 1.71 bits per heavy atom. The second kappa shape index (κ2) is 4.79. The summed E-state index contributed by atoms with van der Waals surface area (Å²) in [7, 11) is 0. The van der Waals surface area contributed by atoms with E-state index in [4.69, 9.17) is 4.74 Å². The third kappa shape index (κ3) is 2.79. The molecular weight excluding hydrogens is 208 g/mol. The van der Waals surface area contributed by atoms with Crippen LogP contribution in [0.5, 0.6) is 5.75 Å². The molecule has 1 radical (unpaired) electrons. The quantitative estimate of drug-likeness (QED) is 0.737. The molecule has 0 saturated carbocycles. The van der Waals surface area contributed by atoms with Gasteiger partial charge in [-0.25, -0.2) is 0 Å². The lowest BCUT2D eigenvalue weighted by Gasteiger charge is -2.20. The number of hydrogen-bond acceptors (Lipinski definition) is 1. The van der Waals surface area contributed by atoms with Crippen molar-refractivity contribution in [1.29, 1.82) is 0 Å². The van der Waals surface area contributed by atoms with Crippen LogP contribution < -0.4 is 4.74 Å². The van der Waals surface area contributed by atoms with Crippen molar-refractivity contribution in [1.82, 2.24) is 0 Å². The summed E-state index contributed by atoms with van der Waals surface area (Å²) in [4.78, 5) is 0. The second-order valence-electron chi connectivity index (χ2n) is 4.72. The van der Waals surface area contributed by atoms with Crippen LogP contribution in [0.25, 0.3) is 0 Å². The van der Waals surface area contributed by atoms with Crippen molar-refractivity contribution in [2.45, 2.75) is 33.8 Å². The molecule has 17 heavy (non-hydrogen) atoms. The number of hydrogen-bond donors (Lipinski definition) is 0. The van der Waals surface area contributed by atoms with E-state index in [9.17, 15) is 0 Å². The van der Waals surface area contributed by atoms with Crippen molar-refractivity contribution in [3.63, 3.8) is 0 Å². The van der Waals surface area contributed by atoms with E-state index in [2.05, 4.69) is 58.4 Å². The molecule has 0 spiro atoms. The number of allylic oxidation sites excluding steroid dienone is 2. The topological polar surface area (TPSA) is 9.23 Å². The molecule has 0 heterocycles. The van der Waals surface area contributed by atoms with Gasteiger partial charge in [0.05, 0.1) is 0 Å². The van der Waals surface area contributed by atoms with Crippen LogP contribution in [-0.2, 0) is 0 Å². The fraction of sp³-hybridized carbons (Fsp3) is 0.312. The van der Waals surface area contributed by atoms with E-state index in [0.717, 1.165) is 5.75 Å². The Labute approximate surface area is 104 Å². The van der Waals surface area contributed by atoms with Crippen molar-refractivity contribution in [3.8, 4) is 5.75 Å². The lowest BCUT2D eigenvalue weighted by atomic mass is 9.98. The maximum Gasteiger partial charge on any atom is 0.124 e. The van der Waals surface area contributed by atoms with Crippen molar-refractivity contribution in [2.75, 3.05) is 0 Å². The standard InChI is InChI=1S/C16H19O/c1-11-5-7-15(9-13(11)3)17-16-8-6-12(2)14(4)10-16/h5-10,15H,1-4H3. The molecule has 1 aliphatic carbocycles. The fourth-order valence-electron chi connectivity index (χ4n) is 1.82. The summed E-state index contributed by atoms with van der Waals surface area (Å²) in [5, 5.41) is 0. The average Bonchev–Trinajstić information content (AvgIpc) is 2.29. The largest absolute Gasteiger partial charge is 0.486 e. The summed E-state index contributed by atoms with van der Waals surface area (Å²) < 4.78 is 5.93. The van der Waals surface area contributed by atoms with Crippen LogP contribution in [0.15, 0.2) is 41.5 Å². The summed E-state index contributed by atoms with van der Waals surface area (Å²) in [6.45, 7) is 8.46. The van der Waals surface area contributed by atoms with E-state index in [-0.39, 0.29) is 6.10 Å². The Morgan fingerprint density at radius 3 is 2.35 bits per heavy atom. The van der Waals surface area contributed by atoms with Gasteiger partial charge in [-0.3, -0.25) is 0 Å². The molecular formula is C16H19O. The molecule has 1 atom stereocenters. The normalized spacial score (nSPS) is 19.6. The first-order chi connectivity index (χ1) is 8.06. The van der Waals surface area contributed by atoms with Gasteiger partial charge in [0.1, 0.15) is 11.9 Å². The monoisotopic (exact) mass is 227 g/mol. The van der Waals surface area contributed by atoms with Gasteiger partial charge >= 0.3 is 0 Å². The number of rotatable bonds is 2. The number of aryl methyl sites for hydroxylation is 2. The minimum Gasteiger partial charge on any atom is -0.486 e. The van der Waals surface area contributed by atoms with Crippen LogP contribution in [0, 0.1) is 20.3 Å². The summed E-state index contributed by atoms with van der Waals surface area (Å²) >= 11 is 0. The van der Waals surface area contributed by atoms with Gasteiger partial charge in [0.2, 0.25) is 0 Å². The molecule has 0 saturated heterocycles. The molecule has 2 rings (SSSR count). The van der Waals surface area contributed by atoms with Crippen LogP contribution in [0.3, 0.4) is 0 Å². The molecule has 89 valence electrons. The molecule has 0 bridgehead atoms. The lowest BCUT2D eigenvalue weighted by molar-refractivity contribution is 0.281. The van der Waals surface area contributed by atoms with Crippen LogP contribution in [-0.4, -0.2) is 6.10 Å². The fourth-order valence-corrected chi connectivity index (χ4v) is 1.82. The Kier molecular flexibility index (Phi) is 3.37. The zero-order valence-electron chi connectivity index (χ0n) is 10.9. The summed E-state index contributed by atoms with van der Waals surface area (Å²) in [5.41, 5.74) is 5.17. The van der Waals surface area contributed by atoms with Crippen LogP contribution in [0.1, 0.15) is 25.0 Å². The molecule has 1 heteroatoms. The second-order valence-corrected chi connectivity index (χ2v) is 4.72. The Balaban J connectivity index is 2.08. The third-order valence-electron chi connectivity index (χ3n) is 3.32. The predicted molar refractivity (Wildman–Crippen MR) is 72.1 cm³/mol. The van der Waals surface area contributed by atoms with Crippen molar-refractivity contribution < 1.29 is 4.74 Å². The van der Waals surface area contributed by atoms with Crippen molar-refractivity contribution >= 4 is 0 Å². The zero-order valence-corrected chi connectivity index (χ0v) is 10.9. The molecule has 1 aromatic carbocycles. The third-order valence-corrected chi connectivity index (χ3v) is 3.32. The van der Waals surface area contributed by atoms with Gasteiger partial charge in [0, 0.05) is 6.42 Å². The molecule has 0 fully saturated rings. The van der Waals surface area contributed by atoms with Gasteiger partial charge in [0.15, 0.2) is 0 Å². The van der Waals surface area contributed by atoms with Crippen LogP contribution in [0.4, 0.5) is 0 Å². The summed E-state index contributed by atoms with van der Waals surface area (Å²) in [6.07, 6.45) is 6.43. The first-order valence-corrected chi connectivity index (χ1v) is 6.01. The molecule has 1 nitrogen and oxygen atoms in total. The van der Waals surface area contributed by atoms with Gasteiger partial charge in [0.25, 0.3) is 0 Å². The maximum absolute atomic E-state index is 5.93. The van der Waals surface area contributed by atoms with Crippen LogP contribution >= 0.6 is 0 Å². The van der Waals surface area contributed by atoms with Crippen molar-refractivity contribution in [2.24, 2.45) is 0 Å². The van der Waals surface area contributed by atoms with Crippen LogP contribution in [0.2, 0.25) is 0 Å². The predicted octanol–water partition coefficient (Wildman–Crippen LogP) is 4.16. The van der Waals surface area contributed by atoms with E-state index in [1.54, 1.807) is 0 Å². The van der Waals surface area contributed by atoms with Gasteiger partial charge in [-0.2, -0.15) is 0 Å². The minimum atomic E-state index is 0.0563. The van der Waals surface area contributed by atoms with Crippen molar-refractivity contribution in [3.05, 3.63) is 59.0 Å². The lowest BCUT2D eigenvalue weighted by Crippen LogP contribution is -2.17. The highest BCUT2D eigenvalue weighted by atomic mass is 16.5. The molecule has 0 amide bonds. The van der Waals surface area contributed by atoms with E-state index in [1.807, 2.05) is 6.07 Å².